The lowest BCUT2D eigenvalue weighted by atomic mass is 9.90. The van der Waals surface area contributed by atoms with Gasteiger partial charge in [-0.15, -0.1) is 0 Å². The van der Waals surface area contributed by atoms with Crippen LogP contribution < -0.4 is 5.73 Å². The van der Waals surface area contributed by atoms with Crippen LogP contribution in [0.2, 0.25) is 0 Å². The molecule has 2 aliphatic rings. The summed E-state index contributed by atoms with van der Waals surface area (Å²) in [5.74, 6) is 1.18. The van der Waals surface area contributed by atoms with Crippen LogP contribution in [0, 0.1) is 19.8 Å². The van der Waals surface area contributed by atoms with Gasteiger partial charge in [-0.2, -0.15) is 0 Å². The number of aryl methyl sites for hydroxylation is 2. The van der Waals surface area contributed by atoms with Crippen molar-refractivity contribution in [2.45, 2.75) is 57.1 Å². The van der Waals surface area contributed by atoms with Gasteiger partial charge in [0.25, 0.3) is 0 Å². The quantitative estimate of drug-likeness (QED) is 0.375. The van der Waals surface area contributed by atoms with Gasteiger partial charge in [0, 0.05) is 17.0 Å². The third-order valence-electron chi connectivity index (χ3n) is 7.41. The largest absolute Gasteiger partial charge is 0.385 e. The van der Waals surface area contributed by atoms with Crippen LogP contribution in [0.5, 0.6) is 0 Å². The first-order valence-electron chi connectivity index (χ1n) is 11.5. The number of rotatable bonds is 3. The van der Waals surface area contributed by atoms with E-state index in [-0.39, 0.29) is 5.92 Å². The molecule has 1 aliphatic carbocycles. The Labute approximate surface area is 204 Å². The summed E-state index contributed by atoms with van der Waals surface area (Å²) in [6, 6.07) is 10.1. The van der Waals surface area contributed by atoms with Crippen LogP contribution in [-0.2, 0) is 11.2 Å². The van der Waals surface area contributed by atoms with Crippen molar-refractivity contribution in [3.63, 3.8) is 0 Å². The Morgan fingerprint density at radius 1 is 1.21 bits per heavy atom. The van der Waals surface area contributed by atoms with Crippen molar-refractivity contribution in [3.05, 3.63) is 58.1 Å². The summed E-state index contributed by atoms with van der Waals surface area (Å²) in [5, 5.41) is 24.6. The van der Waals surface area contributed by atoms with E-state index >= 15 is 0 Å². The summed E-state index contributed by atoms with van der Waals surface area (Å²) in [6.45, 7) is 3.79. The fourth-order valence-corrected chi connectivity index (χ4v) is 6.05. The average Bonchev–Trinajstić information content (AvgIpc) is 3.42. The number of hydrogen-bond donors (Lipinski definition) is 3. The van der Waals surface area contributed by atoms with Gasteiger partial charge >= 0.3 is 0 Å². The molecule has 2 fully saturated rings. The number of nitrogens with zero attached hydrogens (tertiary/aromatic N) is 4. The summed E-state index contributed by atoms with van der Waals surface area (Å²) in [5.41, 5.74) is 8.19. The maximum atomic E-state index is 11.5. The molecule has 0 unspecified atom stereocenters. The van der Waals surface area contributed by atoms with Crippen molar-refractivity contribution >= 4 is 43.7 Å². The molecule has 5 atom stereocenters. The summed E-state index contributed by atoms with van der Waals surface area (Å²) in [6.07, 6.45) is 1.59. The molecule has 8 nitrogen and oxygen atoms in total. The Hall–Kier alpha value is -2.59. The van der Waals surface area contributed by atoms with E-state index in [4.69, 9.17) is 10.5 Å². The van der Waals surface area contributed by atoms with Crippen molar-refractivity contribution < 1.29 is 14.9 Å². The van der Waals surface area contributed by atoms with Crippen LogP contribution in [0.25, 0.3) is 21.9 Å². The summed E-state index contributed by atoms with van der Waals surface area (Å²) < 4.78 is 9.01. The summed E-state index contributed by atoms with van der Waals surface area (Å²) >= 11 is 3.43. The lowest BCUT2D eigenvalue weighted by Gasteiger charge is -2.26. The number of ether oxygens (including phenoxy) is 1. The molecule has 1 saturated carbocycles. The molecule has 1 saturated heterocycles. The highest BCUT2D eigenvalue weighted by molar-refractivity contribution is 9.10. The first-order chi connectivity index (χ1) is 16.2. The topological polar surface area (TPSA) is 119 Å². The van der Waals surface area contributed by atoms with Gasteiger partial charge in [0.15, 0.2) is 6.23 Å². The third-order valence-corrected chi connectivity index (χ3v) is 8.05. The molecule has 1 aliphatic heterocycles. The number of aliphatic hydroxyl groups excluding tert-OH is 1. The minimum absolute atomic E-state index is 0.0646. The minimum Gasteiger partial charge on any atom is -0.385 e. The monoisotopic (exact) mass is 523 g/mol. The van der Waals surface area contributed by atoms with E-state index in [1.807, 2.05) is 48.9 Å². The Balaban J connectivity index is 1.30. The minimum atomic E-state index is -1.30. The Morgan fingerprint density at radius 3 is 2.85 bits per heavy atom. The van der Waals surface area contributed by atoms with Gasteiger partial charge in [0.05, 0.1) is 21.8 Å². The first-order valence-corrected chi connectivity index (χ1v) is 12.3. The molecule has 4 aromatic rings. The van der Waals surface area contributed by atoms with E-state index in [9.17, 15) is 10.2 Å². The first kappa shape index (κ1) is 21.9. The molecule has 4 N–H and O–H groups in total. The van der Waals surface area contributed by atoms with Crippen LogP contribution in [0.1, 0.15) is 36.2 Å². The fourth-order valence-electron chi connectivity index (χ4n) is 5.72. The van der Waals surface area contributed by atoms with Crippen molar-refractivity contribution in [1.82, 2.24) is 19.5 Å². The van der Waals surface area contributed by atoms with E-state index in [2.05, 4.69) is 36.9 Å². The van der Waals surface area contributed by atoms with Gasteiger partial charge in [-0.3, -0.25) is 0 Å². The number of pyridine rings is 1. The molecule has 34 heavy (non-hydrogen) atoms. The summed E-state index contributed by atoms with van der Waals surface area (Å²) in [7, 11) is 0. The number of nitrogen functional groups attached to an aromatic ring is 1. The number of aliphatic hydroxyl groups is 2. The number of nitrogens with two attached hydrogens (primary N) is 1. The van der Waals surface area contributed by atoms with E-state index in [0.717, 1.165) is 38.4 Å². The second-order valence-electron chi connectivity index (χ2n) is 9.59. The molecule has 6 rings (SSSR count). The molecular formula is C25H26BrN5O3. The van der Waals surface area contributed by atoms with Crippen LogP contribution in [0.3, 0.4) is 0 Å². The van der Waals surface area contributed by atoms with E-state index < -0.39 is 24.0 Å². The van der Waals surface area contributed by atoms with Gasteiger partial charge < -0.3 is 25.3 Å². The highest BCUT2D eigenvalue weighted by atomic mass is 79.9. The van der Waals surface area contributed by atoms with E-state index in [1.54, 1.807) is 0 Å². The number of hydrogen-bond acceptors (Lipinski definition) is 7. The molecular weight excluding hydrogens is 498 g/mol. The molecule has 4 heterocycles. The van der Waals surface area contributed by atoms with Gasteiger partial charge in [-0.25, -0.2) is 15.0 Å². The highest BCUT2D eigenvalue weighted by Crippen LogP contribution is 2.50. The predicted molar refractivity (Wildman–Crippen MR) is 132 cm³/mol. The molecule has 9 heteroatoms. The maximum absolute atomic E-state index is 11.5. The Bertz CT molecular complexity index is 1440. The van der Waals surface area contributed by atoms with Crippen LogP contribution >= 0.6 is 15.9 Å². The molecule has 0 spiro atoms. The molecule has 0 radical (unpaired) electrons. The molecule has 3 aromatic heterocycles. The zero-order valence-corrected chi connectivity index (χ0v) is 20.5. The zero-order valence-electron chi connectivity index (χ0n) is 18.9. The van der Waals surface area contributed by atoms with Gasteiger partial charge in [0.2, 0.25) is 0 Å². The molecule has 0 bridgehead atoms. The molecule has 176 valence electrons. The lowest BCUT2D eigenvalue weighted by molar-refractivity contribution is -0.0675. The smallest absolute Gasteiger partial charge is 0.164 e. The maximum Gasteiger partial charge on any atom is 0.164 e. The number of fused-ring (bicyclic) bond motifs is 3. The number of benzene rings is 1. The number of halogens is 1. The van der Waals surface area contributed by atoms with E-state index in [1.165, 1.54) is 0 Å². The fraction of sp³-hybridized carbons (Fsp3) is 0.400. The van der Waals surface area contributed by atoms with Gasteiger partial charge in [-0.05, 0) is 78.7 Å². The third kappa shape index (κ3) is 3.25. The van der Waals surface area contributed by atoms with E-state index in [0.29, 0.717) is 30.1 Å². The molecule has 1 aromatic carbocycles. The highest BCUT2D eigenvalue weighted by Gasteiger charge is 2.61. The molecule has 0 amide bonds. The Morgan fingerprint density at radius 2 is 2.03 bits per heavy atom. The van der Waals surface area contributed by atoms with Crippen molar-refractivity contribution in [3.8, 4) is 0 Å². The lowest BCUT2D eigenvalue weighted by Crippen LogP contribution is -2.45. The zero-order chi connectivity index (χ0) is 23.8. The normalized spacial score (nSPS) is 28.7. The average molecular weight is 524 g/mol. The van der Waals surface area contributed by atoms with Crippen LogP contribution in [0.4, 0.5) is 5.82 Å². The van der Waals surface area contributed by atoms with Crippen molar-refractivity contribution in [1.29, 1.82) is 0 Å². The number of aromatic nitrogens is 4. The van der Waals surface area contributed by atoms with Crippen molar-refractivity contribution in [2.24, 2.45) is 5.92 Å². The Kier molecular flexibility index (Phi) is 4.97. The van der Waals surface area contributed by atoms with Crippen LogP contribution in [-0.4, -0.2) is 47.5 Å². The van der Waals surface area contributed by atoms with Gasteiger partial charge in [-0.1, -0.05) is 12.1 Å². The predicted octanol–water partition coefficient (Wildman–Crippen LogP) is 3.58. The van der Waals surface area contributed by atoms with Gasteiger partial charge in [0.1, 0.15) is 29.0 Å². The summed E-state index contributed by atoms with van der Waals surface area (Å²) in [4.78, 5) is 13.5. The van der Waals surface area contributed by atoms with Crippen molar-refractivity contribution in [2.75, 3.05) is 5.73 Å². The number of anilines is 1. The standard InChI is InChI=1S/C25H26BrN5O3/c1-12-17-6-8-31(23(17)29-13(2)28-12)24-20(32)25(33)7-5-16(21(25)34-24)9-14-3-4-15-11-18(26)22(27)30-19(15)10-14/h3-4,6,8,10-11,16,20-21,24,32-33H,5,7,9H2,1-2H3,(H2,27,30)/t16-,20-,21+,24+,25-/m0/s1. The second kappa shape index (κ2) is 7.71. The second-order valence-corrected chi connectivity index (χ2v) is 10.4. The SMILES string of the molecule is Cc1nc(C)c2ccn([C@@H]3O[C@@H]4[C@H](Cc5ccc6cc(Br)c(N)nc6c5)CC[C@]4(O)[C@H]3O)c2n1. The van der Waals surface area contributed by atoms with Crippen LogP contribution in [0.15, 0.2) is 41.0 Å².